The van der Waals surface area contributed by atoms with Crippen molar-refractivity contribution in [3.8, 4) is 0 Å². The predicted octanol–water partition coefficient (Wildman–Crippen LogP) is 2.27. The van der Waals surface area contributed by atoms with Crippen LogP contribution in [0.2, 0.25) is 0 Å². The number of amides is 2. The Balaban J connectivity index is 1.92. The van der Waals surface area contributed by atoms with Crippen molar-refractivity contribution in [2.75, 3.05) is 0 Å². The summed E-state index contributed by atoms with van der Waals surface area (Å²) in [5.41, 5.74) is 0. The van der Waals surface area contributed by atoms with E-state index >= 15 is 0 Å². The highest BCUT2D eigenvalue weighted by molar-refractivity contribution is 6.00. The number of hydrogen-bond acceptors (Lipinski definition) is 3. The van der Waals surface area contributed by atoms with Crippen molar-refractivity contribution in [3.63, 3.8) is 0 Å². The van der Waals surface area contributed by atoms with E-state index in [1.165, 1.54) is 4.90 Å². The topological polar surface area (TPSA) is 77.9 Å². The summed E-state index contributed by atoms with van der Waals surface area (Å²) in [5.74, 6) is -0.595. The molecule has 1 aliphatic carbocycles. The van der Waals surface area contributed by atoms with Crippen molar-refractivity contribution < 1.29 is 19.5 Å². The van der Waals surface area contributed by atoms with Crippen LogP contribution in [-0.2, 0) is 9.59 Å². The third-order valence-electron chi connectivity index (χ3n) is 5.87. The molecule has 0 radical (unpaired) electrons. The lowest BCUT2D eigenvalue weighted by atomic mass is 9.84. The van der Waals surface area contributed by atoms with E-state index in [-0.39, 0.29) is 23.9 Å². The average Bonchev–Trinajstić information content (AvgIpc) is 2.91. The number of fused-ring (bicyclic) bond motifs is 3. The standard InChI is InChI=1S/C17H26N2O4/c1-3-6-13(16(21)22)18-10(2)15(20)14-9-11-7-4-5-8-12(11)19(14)17(18)23/h10-14H,3-9H2,1-2H3,(H,21,22)/t10-,11-,12-,13-,14+/m0/s1. The van der Waals surface area contributed by atoms with Crippen LogP contribution in [0.4, 0.5) is 4.79 Å². The molecule has 1 N–H and O–H groups in total. The number of carboxylic acid groups (broad SMARTS) is 1. The van der Waals surface area contributed by atoms with E-state index < -0.39 is 18.1 Å². The second-order valence-electron chi connectivity index (χ2n) is 7.18. The van der Waals surface area contributed by atoms with E-state index in [2.05, 4.69) is 0 Å². The Morgan fingerprint density at radius 1 is 1.30 bits per heavy atom. The van der Waals surface area contributed by atoms with E-state index in [0.29, 0.717) is 18.8 Å². The zero-order valence-corrected chi connectivity index (χ0v) is 13.9. The molecule has 5 atom stereocenters. The van der Waals surface area contributed by atoms with Crippen molar-refractivity contribution in [2.45, 2.75) is 83.0 Å². The summed E-state index contributed by atoms with van der Waals surface area (Å²) in [4.78, 5) is 40.6. The number of aliphatic carboxylic acids is 1. The fraction of sp³-hybridized carbons (Fsp3) is 0.824. The normalized spacial score (nSPS) is 35.0. The van der Waals surface area contributed by atoms with Gasteiger partial charge >= 0.3 is 12.0 Å². The Labute approximate surface area is 136 Å². The maximum absolute atomic E-state index is 13.1. The Hall–Kier alpha value is -1.59. The molecule has 128 valence electrons. The van der Waals surface area contributed by atoms with Crippen LogP contribution in [0.5, 0.6) is 0 Å². The number of urea groups is 1. The maximum Gasteiger partial charge on any atom is 0.326 e. The third kappa shape index (κ3) is 2.52. The number of nitrogens with zero attached hydrogens (tertiary/aromatic N) is 2. The molecule has 3 aliphatic rings. The van der Waals surface area contributed by atoms with Gasteiger partial charge in [0, 0.05) is 6.04 Å². The molecule has 0 spiro atoms. The number of Topliss-reactive ketones (excluding diaryl/α,β-unsaturated/α-hetero) is 1. The number of rotatable bonds is 4. The van der Waals surface area contributed by atoms with E-state index in [1.807, 2.05) is 6.92 Å². The van der Waals surface area contributed by atoms with Crippen LogP contribution < -0.4 is 0 Å². The summed E-state index contributed by atoms with van der Waals surface area (Å²) < 4.78 is 0. The molecule has 0 aromatic heterocycles. The van der Waals surface area contributed by atoms with Crippen LogP contribution in [0, 0.1) is 5.92 Å². The van der Waals surface area contributed by atoms with Crippen LogP contribution in [0.25, 0.3) is 0 Å². The molecule has 0 bridgehead atoms. The molecule has 0 unspecified atom stereocenters. The van der Waals surface area contributed by atoms with Crippen LogP contribution in [0.3, 0.4) is 0 Å². The highest BCUT2D eigenvalue weighted by atomic mass is 16.4. The van der Waals surface area contributed by atoms with Crippen molar-refractivity contribution >= 4 is 17.8 Å². The first-order valence-electron chi connectivity index (χ1n) is 8.84. The zero-order chi connectivity index (χ0) is 16.7. The fourth-order valence-corrected chi connectivity index (χ4v) is 4.76. The van der Waals surface area contributed by atoms with Crippen molar-refractivity contribution in [1.82, 2.24) is 9.80 Å². The van der Waals surface area contributed by atoms with Gasteiger partial charge < -0.3 is 14.9 Å². The zero-order valence-electron chi connectivity index (χ0n) is 13.9. The Morgan fingerprint density at radius 2 is 2.00 bits per heavy atom. The van der Waals surface area contributed by atoms with E-state index in [1.54, 1.807) is 11.8 Å². The van der Waals surface area contributed by atoms with Gasteiger partial charge in [-0.25, -0.2) is 9.59 Å². The molecule has 2 aliphatic heterocycles. The van der Waals surface area contributed by atoms with Crippen molar-refractivity contribution in [1.29, 1.82) is 0 Å². The number of hydrogen-bond donors (Lipinski definition) is 1. The predicted molar refractivity (Wildman–Crippen MR) is 84.0 cm³/mol. The minimum Gasteiger partial charge on any atom is -0.480 e. The highest BCUT2D eigenvalue weighted by Crippen LogP contribution is 2.43. The second-order valence-corrected chi connectivity index (χ2v) is 7.18. The molecule has 0 aromatic rings. The van der Waals surface area contributed by atoms with Gasteiger partial charge in [0.25, 0.3) is 0 Å². The van der Waals surface area contributed by atoms with Crippen molar-refractivity contribution in [2.24, 2.45) is 5.92 Å². The van der Waals surface area contributed by atoms with Crippen LogP contribution in [0.1, 0.15) is 58.8 Å². The van der Waals surface area contributed by atoms with E-state index in [4.69, 9.17) is 0 Å². The molecule has 6 heteroatoms. The first-order valence-corrected chi connectivity index (χ1v) is 8.84. The molecule has 3 rings (SSSR count). The lowest BCUT2D eigenvalue weighted by Crippen LogP contribution is -2.66. The average molecular weight is 322 g/mol. The number of carbonyl (C=O) groups is 3. The molecule has 23 heavy (non-hydrogen) atoms. The fourth-order valence-electron chi connectivity index (χ4n) is 4.76. The summed E-state index contributed by atoms with van der Waals surface area (Å²) in [7, 11) is 0. The summed E-state index contributed by atoms with van der Waals surface area (Å²) in [5, 5.41) is 9.53. The Morgan fingerprint density at radius 3 is 2.65 bits per heavy atom. The van der Waals surface area contributed by atoms with Gasteiger partial charge in [0.2, 0.25) is 0 Å². The summed E-state index contributed by atoms with van der Waals surface area (Å²) in [6, 6.07) is -2.00. The molecule has 6 nitrogen and oxygen atoms in total. The summed E-state index contributed by atoms with van der Waals surface area (Å²) in [6.07, 6.45) is 6.06. The molecule has 2 saturated heterocycles. The molecule has 0 aromatic carbocycles. The number of carboxylic acids is 1. The minimum atomic E-state index is -1.02. The SMILES string of the molecule is CCC[C@@H](C(=O)O)N1C(=O)N2[C@H](C[C@@H]3CCCC[C@@H]32)C(=O)[C@@H]1C. The van der Waals surface area contributed by atoms with Crippen molar-refractivity contribution in [3.05, 3.63) is 0 Å². The maximum atomic E-state index is 13.1. The second kappa shape index (κ2) is 6.13. The first-order chi connectivity index (χ1) is 11.0. The molecule has 1 saturated carbocycles. The van der Waals surface area contributed by atoms with Gasteiger partial charge in [-0.1, -0.05) is 26.2 Å². The van der Waals surface area contributed by atoms with E-state index in [0.717, 1.165) is 32.1 Å². The molecule has 2 amide bonds. The van der Waals surface area contributed by atoms with E-state index in [9.17, 15) is 19.5 Å². The largest absolute Gasteiger partial charge is 0.480 e. The van der Waals surface area contributed by atoms with Gasteiger partial charge in [-0.05, 0) is 38.5 Å². The number of carbonyl (C=O) groups excluding carboxylic acids is 2. The molecular formula is C17H26N2O4. The molecule has 2 heterocycles. The quantitative estimate of drug-likeness (QED) is 0.861. The lowest BCUT2D eigenvalue weighted by Gasteiger charge is -2.45. The summed E-state index contributed by atoms with van der Waals surface area (Å²) in [6.45, 7) is 3.58. The first kappa shape index (κ1) is 16.3. The minimum absolute atomic E-state index is 0.0151. The Kier molecular flexibility index (Phi) is 4.34. The Bertz CT molecular complexity index is 521. The van der Waals surface area contributed by atoms with Gasteiger partial charge in [-0.3, -0.25) is 4.79 Å². The van der Waals surface area contributed by atoms with Gasteiger partial charge in [0.05, 0.1) is 12.1 Å². The van der Waals surface area contributed by atoms with Crippen LogP contribution in [0.15, 0.2) is 0 Å². The summed E-state index contributed by atoms with van der Waals surface area (Å²) >= 11 is 0. The van der Waals surface area contributed by atoms with Gasteiger partial charge in [-0.15, -0.1) is 0 Å². The van der Waals surface area contributed by atoms with Gasteiger partial charge in [0.15, 0.2) is 5.78 Å². The number of ketones is 1. The van der Waals surface area contributed by atoms with Crippen LogP contribution >= 0.6 is 0 Å². The smallest absolute Gasteiger partial charge is 0.326 e. The van der Waals surface area contributed by atoms with Gasteiger partial charge in [0.1, 0.15) is 6.04 Å². The molecular weight excluding hydrogens is 296 g/mol. The molecule has 3 fully saturated rings. The third-order valence-corrected chi connectivity index (χ3v) is 5.87. The highest BCUT2D eigenvalue weighted by Gasteiger charge is 2.55. The van der Waals surface area contributed by atoms with Gasteiger partial charge in [-0.2, -0.15) is 0 Å². The monoisotopic (exact) mass is 322 g/mol. The lowest BCUT2D eigenvalue weighted by molar-refractivity contribution is -0.146. The van der Waals surface area contributed by atoms with Crippen LogP contribution in [-0.4, -0.2) is 56.9 Å².